The van der Waals surface area contributed by atoms with Gasteiger partial charge in [0.15, 0.2) is 6.29 Å². The Morgan fingerprint density at radius 2 is 2.00 bits per heavy atom. The van der Waals surface area contributed by atoms with Crippen molar-refractivity contribution in [3.63, 3.8) is 0 Å². The summed E-state index contributed by atoms with van der Waals surface area (Å²) in [5.41, 5.74) is 0.996. The highest BCUT2D eigenvalue weighted by Crippen LogP contribution is 2.42. The minimum atomic E-state index is -1.28. The third-order valence-electron chi connectivity index (χ3n) is 4.27. The molecule has 0 amide bonds. The minimum absolute atomic E-state index is 0.409. The van der Waals surface area contributed by atoms with E-state index >= 15 is 0 Å². The largest absolute Gasteiger partial charge is 0.469 e. The van der Waals surface area contributed by atoms with E-state index in [2.05, 4.69) is 0 Å². The van der Waals surface area contributed by atoms with Crippen molar-refractivity contribution in [1.29, 1.82) is 0 Å². The van der Waals surface area contributed by atoms with E-state index in [-0.39, 0.29) is 0 Å². The number of aliphatic hydroxyl groups excluding tert-OH is 1. The van der Waals surface area contributed by atoms with Gasteiger partial charge in [-0.15, -0.1) is 0 Å². The van der Waals surface area contributed by atoms with Crippen molar-refractivity contribution < 1.29 is 28.6 Å². The maximum atomic E-state index is 12.4. The molecule has 0 bridgehead atoms. The maximum Gasteiger partial charge on any atom is 0.313 e. The summed E-state index contributed by atoms with van der Waals surface area (Å²) in [6.07, 6.45) is -0.650. The van der Waals surface area contributed by atoms with Gasteiger partial charge in [-0.2, -0.15) is 5.06 Å². The van der Waals surface area contributed by atoms with Crippen molar-refractivity contribution >= 4 is 5.97 Å². The van der Waals surface area contributed by atoms with E-state index in [0.29, 0.717) is 12.3 Å². The van der Waals surface area contributed by atoms with Crippen LogP contribution in [-0.2, 0) is 25.7 Å². The van der Waals surface area contributed by atoms with Crippen molar-refractivity contribution in [2.45, 2.75) is 25.0 Å². The van der Waals surface area contributed by atoms with Crippen molar-refractivity contribution in [2.24, 2.45) is 5.92 Å². The topological polar surface area (TPSA) is 81.4 Å². The predicted octanol–water partition coefficient (Wildman–Crippen LogP) is 1.89. The van der Waals surface area contributed by atoms with Gasteiger partial charge >= 0.3 is 5.97 Å². The van der Waals surface area contributed by atoms with Crippen LogP contribution >= 0.6 is 0 Å². The number of benzene rings is 1. The Morgan fingerprint density at radius 3 is 2.60 bits per heavy atom. The normalized spacial score (nSPS) is 25.0. The molecule has 25 heavy (non-hydrogen) atoms. The third-order valence-corrected chi connectivity index (χ3v) is 4.27. The molecule has 1 aliphatic rings. The second-order valence-corrected chi connectivity index (χ2v) is 5.77. The molecule has 1 aromatic carbocycles. The van der Waals surface area contributed by atoms with E-state index in [0.717, 1.165) is 5.56 Å². The number of carbonyl (C=O) groups excluding carboxylic acids is 1. The van der Waals surface area contributed by atoms with Gasteiger partial charge in [0.1, 0.15) is 23.8 Å². The lowest BCUT2D eigenvalue weighted by Gasteiger charge is -2.22. The molecular weight excluding hydrogens is 326 g/mol. The van der Waals surface area contributed by atoms with E-state index in [1.54, 1.807) is 17.2 Å². The van der Waals surface area contributed by atoms with Crippen LogP contribution in [0.1, 0.15) is 17.4 Å². The zero-order chi connectivity index (χ0) is 17.8. The minimum Gasteiger partial charge on any atom is -0.469 e. The van der Waals surface area contributed by atoms with Gasteiger partial charge in [0, 0.05) is 13.7 Å². The Labute approximate surface area is 145 Å². The molecule has 7 heteroatoms. The summed E-state index contributed by atoms with van der Waals surface area (Å²) in [6.45, 7) is 0.409. The van der Waals surface area contributed by atoms with Gasteiger partial charge < -0.3 is 19.0 Å². The van der Waals surface area contributed by atoms with Crippen LogP contribution in [0.5, 0.6) is 0 Å². The second-order valence-electron chi connectivity index (χ2n) is 5.77. The van der Waals surface area contributed by atoms with E-state index in [1.807, 2.05) is 30.3 Å². The fourth-order valence-corrected chi connectivity index (χ4v) is 3.09. The summed E-state index contributed by atoms with van der Waals surface area (Å²) in [7, 11) is 2.65. The Morgan fingerprint density at radius 1 is 1.24 bits per heavy atom. The predicted molar refractivity (Wildman–Crippen MR) is 86.8 cm³/mol. The molecule has 1 saturated heterocycles. The van der Waals surface area contributed by atoms with Gasteiger partial charge in [-0.3, -0.25) is 9.63 Å². The average Bonchev–Trinajstić information content (AvgIpc) is 3.28. The molecule has 0 unspecified atom stereocenters. The average molecular weight is 347 g/mol. The molecule has 2 heterocycles. The zero-order valence-corrected chi connectivity index (χ0v) is 14.1. The number of aliphatic hydroxyl groups is 1. The number of nitrogens with zero attached hydrogens (tertiary/aromatic N) is 1. The van der Waals surface area contributed by atoms with Gasteiger partial charge in [-0.25, -0.2) is 0 Å². The molecule has 1 N–H and O–H groups in total. The Bertz CT molecular complexity index is 674. The van der Waals surface area contributed by atoms with Crippen LogP contribution in [0, 0.1) is 5.92 Å². The Balaban J connectivity index is 1.96. The summed E-state index contributed by atoms with van der Waals surface area (Å²) in [6, 6.07) is 12.6. The van der Waals surface area contributed by atoms with Crippen molar-refractivity contribution in [3.05, 3.63) is 60.1 Å². The van der Waals surface area contributed by atoms with Crippen molar-refractivity contribution in [2.75, 3.05) is 14.2 Å². The number of hydroxylamine groups is 2. The monoisotopic (exact) mass is 347 g/mol. The Kier molecular flexibility index (Phi) is 5.50. The van der Waals surface area contributed by atoms with Gasteiger partial charge in [0.25, 0.3) is 0 Å². The number of methoxy groups -OCH3 is 2. The lowest BCUT2D eigenvalue weighted by Crippen LogP contribution is -2.38. The zero-order valence-electron chi connectivity index (χ0n) is 14.1. The van der Waals surface area contributed by atoms with Crippen LogP contribution in [0.15, 0.2) is 53.1 Å². The number of furan rings is 1. The van der Waals surface area contributed by atoms with E-state index in [1.165, 1.54) is 20.5 Å². The van der Waals surface area contributed by atoms with Crippen LogP contribution in [-0.4, -0.2) is 42.8 Å². The first-order valence-corrected chi connectivity index (χ1v) is 7.95. The number of esters is 1. The maximum absolute atomic E-state index is 12.4. The lowest BCUT2D eigenvalue weighted by atomic mass is 9.92. The molecule has 4 atom stereocenters. The standard InChI is InChI=1S/C18H21NO6/c1-22-17(20)14-15(13-9-6-10-24-13)19(25-16(14)18(21)23-2)11-12-7-4-3-5-8-12/h3-10,14-16,18,21H,11H2,1-2H3/t14-,15-,16+,18+/m0/s1. The summed E-state index contributed by atoms with van der Waals surface area (Å²) < 4.78 is 15.4. The summed E-state index contributed by atoms with van der Waals surface area (Å²) in [4.78, 5) is 18.3. The lowest BCUT2D eigenvalue weighted by molar-refractivity contribution is -0.238. The summed E-state index contributed by atoms with van der Waals surface area (Å²) in [5.74, 6) is -0.745. The highest BCUT2D eigenvalue weighted by Gasteiger charge is 2.53. The van der Waals surface area contributed by atoms with Crippen molar-refractivity contribution in [3.8, 4) is 0 Å². The summed E-state index contributed by atoms with van der Waals surface area (Å²) >= 11 is 0. The SMILES string of the molecule is COC(=O)[C@@H]1[C@H]([C@H](O)OC)ON(Cc2ccccc2)[C@H]1c1ccco1. The van der Waals surface area contributed by atoms with Gasteiger partial charge in [0.2, 0.25) is 0 Å². The first kappa shape index (κ1) is 17.6. The third kappa shape index (κ3) is 3.59. The molecule has 3 rings (SSSR count). The van der Waals surface area contributed by atoms with Crippen LogP contribution in [0.25, 0.3) is 0 Å². The van der Waals surface area contributed by atoms with E-state index < -0.39 is 30.3 Å². The molecule has 0 radical (unpaired) electrons. The highest BCUT2D eigenvalue weighted by molar-refractivity contribution is 5.74. The molecule has 1 fully saturated rings. The number of hydrogen-bond acceptors (Lipinski definition) is 7. The number of carbonyl (C=O) groups is 1. The molecular formula is C18H21NO6. The second kappa shape index (κ2) is 7.79. The Hall–Kier alpha value is -2.19. The fourth-order valence-electron chi connectivity index (χ4n) is 3.09. The molecule has 1 aromatic heterocycles. The van der Waals surface area contributed by atoms with Crippen LogP contribution < -0.4 is 0 Å². The smallest absolute Gasteiger partial charge is 0.313 e. The molecule has 0 aliphatic carbocycles. The van der Waals surface area contributed by atoms with E-state index in [9.17, 15) is 9.90 Å². The quantitative estimate of drug-likeness (QED) is 0.631. The number of rotatable bonds is 6. The molecule has 0 spiro atoms. The first-order chi connectivity index (χ1) is 12.2. The highest BCUT2D eigenvalue weighted by atomic mass is 16.7. The van der Waals surface area contributed by atoms with Gasteiger partial charge in [-0.05, 0) is 17.7 Å². The molecule has 134 valence electrons. The summed E-state index contributed by atoms with van der Waals surface area (Å²) in [5, 5.41) is 11.8. The van der Waals surface area contributed by atoms with Gasteiger partial charge in [0.05, 0.1) is 13.4 Å². The van der Waals surface area contributed by atoms with Crippen LogP contribution in [0.3, 0.4) is 0 Å². The first-order valence-electron chi connectivity index (χ1n) is 7.95. The van der Waals surface area contributed by atoms with Crippen LogP contribution in [0.4, 0.5) is 0 Å². The molecule has 2 aromatic rings. The number of ether oxygens (including phenoxy) is 2. The van der Waals surface area contributed by atoms with Crippen LogP contribution in [0.2, 0.25) is 0 Å². The molecule has 1 aliphatic heterocycles. The molecule has 7 nitrogen and oxygen atoms in total. The van der Waals surface area contributed by atoms with E-state index in [4.69, 9.17) is 18.7 Å². The molecule has 0 saturated carbocycles. The number of hydrogen-bond donors (Lipinski definition) is 1. The van der Waals surface area contributed by atoms with Crippen molar-refractivity contribution in [1.82, 2.24) is 5.06 Å². The fraction of sp³-hybridized carbons (Fsp3) is 0.389. The van der Waals surface area contributed by atoms with Gasteiger partial charge in [-0.1, -0.05) is 30.3 Å².